The minimum absolute atomic E-state index is 0.0630. The van der Waals surface area contributed by atoms with Gasteiger partial charge in [-0.25, -0.2) is 0 Å². The van der Waals surface area contributed by atoms with E-state index in [0.717, 1.165) is 49.2 Å². The van der Waals surface area contributed by atoms with Crippen LogP contribution in [0.4, 0.5) is 0 Å². The lowest BCUT2D eigenvalue weighted by molar-refractivity contribution is 0.136. The normalized spacial score (nSPS) is 16.1. The highest BCUT2D eigenvalue weighted by Crippen LogP contribution is 2.19. The van der Waals surface area contributed by atoms with Crippen molar-refractivity contribution in [1.29, 1.82) is 0 Å². The Kier molecular flexibility index (Phi) is 6.14. The van der Waals surface area contributed by atoms with E-state index in [-0.39, 0.29) is 5.56 Å². The number of nitrogens with zero attached hydrogens (tertiary/aromatic N) is 3. The average molecular weight is 408 g/mol. The van der Waals surface area contributed by atoms with Gasteiger partial charge in [-0.2, -0.15) is 0 Å². The zero-order chi connectivity index (χ0) is 20.2. The van der Waals surface area contributed by atoms with Gasteiger partial charge in [-0.3, -0.25) is 14.6 Å². The molecule has 1 aliphatic heterocycles. The van der Waals surface area contributed by atoms with Crippen molar-refractivity contribution in [3.05, 3.63) is 87.2 Å². The molecule has 0 atom stereocenters. The maximum atomic E-state index is 12.8. The predicted molar refractivity (Wildman–Crippen MR) is 121 cm³/mol. The van der Waals surface area contributed by atoms with E-state index in [1.165, 1.54) is 5.56 Å². The molecule has 2 aromatic carbocycles. The Balaban J connectivity index is 1.36. The van der Waals surface area contributed by atoms with Crippen LogP contribution in [0.2, 0.25) is 5.02 Å². The van der Waals surface area contributed by atoms with Crippen molar-refractivity contribution < 1.29 is 0 Å². The number of hydrogen-bond acceptors (Lipinski definition) is 3. The van der Waals surface area contributed by atoms with Crippen molar-refractivity contribution in [3.63, 3.8) is 0 Å². The lowest BCUT2D eigenvalue weighted by atomic mass is 10.1. The van der Waals surface area contributed by atoms with Crippen molar-refractivity contribution in [2.24, 2.45) is 7.05 Å². The third-order valence-electron chi connectivity index (χ3n) is 5.60. The van der Waals surface area contributed by atoms with Crippen molar-refractivity contribution in [1.82, 2.24) is 14.4 Å². The molecule has 5 heteroatoms. The van der Waals surface area contributed by atoms with Crippen molar-refractivity contribution in [2.45, 2.75) is 6.54 Å². The molecule has 4 rings (SSSR count). The first-order valence-corrected chi connectivity index (χ1v) is 10.4. The summed E-state index contributed by atoms with van der Waals surface area (Å²) in [4.78, 5) is 17.6. The molecule has 150 valence electrons. The van der Waals surface area contributed by atoms with Crippen LogP contribution in [-0.2, 0) is 13.6 Å². The molecule has 0 bridgehead atoms. The lowest BCUT2D eigenvalue weighted by Gasteiger charge is -2.34. The highest BCUT2D eigenvalue weighted by Gasteiger charge is 2.18. The van der Waals surface area contributed by atoms with Crippen molar-refractivity contribution in [3.8, 4) is 0 Å². The number of aromatic nitrogens is 1. The van der Waals surface area contributed by atoms with E-state index in [1.807, 2.05) is 37.4 Å². The summed E-state index contributed by atoms with van der Waals surface area (Å²) in [5.74, 6) is 0. The van der Waals surface area contributed by atoms with Gasteiger partial charge in [0, 0.05) is 56.9 Å². The van der Waals surface area contributed by atoms with Gasteiger partial charge in [0.2, 0.25) is 0 Å². The summed E-state index contributed by atoms with van der Waals surface area (Å²) in [5, 5.41) is 1.70. The molecule has 1 saturated heterocycles. The number of fused-ring (bicyclic) bond motifs is 1. The highest BCUT2D eigenvalue weighted by molar-refractivity contribution is 6.31. The van der Waals surface area contributed by atoms with Gasteiger partial charge in [0.05, 0.1) is 5.52 Å². The highest BCUT2D eigenvalue weighted by atomic mass is 35.5. The van der Waals surface area contributed by atoms with Crippen LogP contribution in [0, 0.1) is 0 Å². The van der Waals surface area contributed by atoms with Gasteiger partial charge < -0.3 is 4.57 Å². The first-order chi connectivity index (χ1) is 14.1. The second kappa shape index (κ2) is 8.95. The summed E-state index contributed by atoms with van der Waals surface area (Å²) in [5.41, 5.74) is 3.02. The van der Waals surface area contributed by atoms with Crippen LogP contribution < -0.4 is 5.56 Å². The van der Waals surface area contributed by atoms with Gasteiger partial charge in [0.15, 0.2) is 0 Å². The van der Waals surface area contributed by atoms with Crippen LogP contribution in [-0.4, -0.2) is 47.1 Å². The average Bonchev–Trinajstić information content (AvgIpc) is 2.74. The van der Waals surface area contributed by atoms with E-state index in [4.69, 9.17) is 11.6 Å². The monoisotopic (exact) mass is 407 g/mol. The number of pyridine rings is 1. The van der Waals surface area contributed by atoms with Gasteiger partial charge in [0.25, 0.3) is 5.56 Å². The Morgan fingerprint density at radius 3 is 2.45 bits per heavy atom. The minimum Gasteiger partial charge on any atom is -0.311 e. The lowest BCUT2D eigenvalue weighted by Crippen LogP contribution is -2.46. The van der Waals surface area contributed by atoms with Crippen LogP contribution in [0.15, 0.2) is 65.5 Å². The zero-order valence-electron chi connectivity index (χ0n) is 16.7. The number of benzene rings is 2. The molecule has 0 saturated carbocycles. The van der Waals surface area contributed by atoms with E-state index in [2.05, 4.69) is 46.2 Å². The first kappa shape index (κ1) is 19.9. The smallest absolute Gasteiger partial charge is 0.255 e. The molecule has 0 amide bonds. The molecular formula is C24H26ClN3O. The quantitative estimate of drug-likeness (QED) is 0.639. The van der Waals surface area contributed by atoms with Crippen LogP contribution in [0.3, 0.4) is 0 Å². The Hall–Kier alpha value is -2.40. The molecule has 0 radical (unpaired) electrons. The van der Waals surface area contributed by atoms with E-state index in [9.17, 15) is 4.79 Å². The summed E-state index contributed by atoms with van der Waals surface area (Å²) in [6.45, 7) is 5.63. The molecule has 0 N–H and O–H groups in total. The Morgan fingerprint density at radius 2 is 1.69 bits per heavy atom. The molecule has 4 nitrogen and oxygen atoms in total. The molecule has 2 heterocycles. The van der Waals surface area contributed by atoms with Crippen molar-refractivity contribution >= 4 is 28.6 Å². The number of aryl methyl sites for hydroxylation is 1. The molecule has 1 aliphatic rings. The summed E-state index contributed by atoms with van der Waals surface area (Å²) in [6, 6.07) is 18.1. The standard InChI is InChI=1S/C24H26ClN3O/c1-26-23-17-22(25)10-9-20(23)16-21(24(26)29)18-28-14-12-27(13-15-28)11-5-8-19-6-3-2-4-7-19/h2-10,16-17H,11-15,18H2,1H3. The number of rotatable bonds is 5. The topological polar surface area (TPSA) is 28.5 Å². The van der Waals surface area contributed by atoms with E-state index in [1.54, 1.807) is 4.57 Å². The summed E-state index contributed by atoms with van der Waals surface area (Å²) >= 11 is 6.09. The van der Waals surface area contributed by atoms with Gasteiger partial charge in [0.1, 0.15) is 0 Å². The fourth-order valence-corrected chi connectivity index (χ4v) is 4.06. The molecule has 3 aromatic rings. The summed E-state index contributed by atoms with van der Waals surface area (Å²) < 4.78 is 1.71. The Morgan fingerprint density at radius 1 is 0.966 bits per heavy atom. The van der Waals surface area contributed by atoms with Crippen LogP contribution in [0.25, 0.3) is 17.0 Å². The maximum absolute atomic E-state index is 12.8. The van der Waals surface area contributed by atoms with Crippen LogP contribution in [0.5, 0.6) is 0 Å². The van der Waals surface area contributed by atoms with Gasteiger partial charge >= 0.3 is 0 Å². The second-order valence-corrected chi connectivity index (χ2v) is 8.06. The van der Waals surface area contributed by atoms with Gasteiger partial charge in [-0.1, -0.05) is 60.2 Å². The van der Waals surface area contributed by atoms with Gasteiger partial charge in [-0.15, -0.1) is 0 Å². The largest absolute Gasteiger partial charge is 0.311 e. The Bertz CT molecular complexity index is 1070. The molecule has 1 aromatic heterocycles. The molecular weight excluding hydrogens is 382 g/mol. The molecule has 0 aliphatic carbocycles. The number of piperazine rings is 1. The second-order valence-electron chi connectivity index (χ2n) is 7.63. The van der Waals surface area contributed by atoms with Gasteiger partial charge in [-0.05, 0) is 29.1 Å². The molecule has 0 unspecified atom stereocenters. The summed E-state index contributed by atoms with van der Waals surface area (Å²) in [6.07, 6.45) is 4.41. The van der Waals surface area contributed by atoms with Crippen LogP contribution >= 0.6 is 11.6 Å². The van der Waals surface area contributed by atoms with Crippen LogP contribution in [0.1, 0.15) is 11.1 Å². The SMILES string of the molecule is Cn1c(=O)c(CN2CCN(CC=Cc3ccccc3)CC2)cc2ccc(Cl)cc21. The molecule has 29 heavy (non-hydrogen) atoms. The van der Waals surface area contributed by atoms with E-state index >= 15 is 0 Å². The zero-order valence-corrected chi connectivity index (χ0v) is 17.5. The number of halogens is 1. The third kappa shape index (κ3) is 4.78. The maximum Gasteiger partial charge on any atom is 0.255 e. The Labute approximate surface area is 176 Å². The summed E-state index contributed by atoms with van der Waals surface area (Å²) in [7, 11) is 1.82. The fourth-order valence-electron chi connectivity index (χ4n) is 3.89. The van der Waals surface area contributed by atoms with E-state index < -0.39 is 0 Å². The molecule has 0 spiro atoms. The molecule has 1 fully saturated rings. The first-order valence-electron chi connectivity index (χ1n) is 10.0. The van der Waals surface area contributed by atoms with Crippen molar-refractivity contribution in [2.75, 3.05) is 32.7 Å². The van der Waals surface area contributed by atoms with E-state index in [0.29, 0.717) is 11.6 Å². The number of hydrogen-bond donors (Lipinski definition) is 0. The predicted octanol–water partition coefficient (Wildman–Crippen LogP) is 4.02. The third-order valence-corrected chi connectivity index (χ3v) is 5.83. The fraction of sp³-hybridized carbons (Fsp3) is 0.292. The minimum atomic E-state index is 0.0630.